The third-order valence-electron chi connectivity index (χ3n) is 9.92. The zero-order valence-corrected chi connectivity index (χ0v) is 24.3. The molecular weight excluding hydrogens is 536 g/mol. The fourth-order valence-electron chi connectivity index (χ4n) is 7.15. The van der Waals surface area contributed by atoms with Gasteiger partial charge in [0.05, 0.1) is 6.20 Å². The number of fused-ring (bicyclic) bond motifs is 2. The summed E-state index contributed by atoms with van der Waals surface area (Å²) in [7, 11) is 0. The van der Waals surface area contributed by atoms with Crippen LogP contribution in [0.2, 0.25) is 0 Å². The number of ether oxygens (including phenoxy) is 1. The number of nitrogens with two attached hydrogens (primary N) is 1. The number of nitrogens with one attached hydrogen (secondary N) is 2. The van der Waals surface area contributed by atoms with Crippen molar-refractivity contribution >= 4 is 34.4 Å². The summed E-state index contributed by atoms with van der Waals surface area (Å²) >= 11 is 0. The number of primary amides is 1. The lowest BCUT2D eigenvalue weighted by atomic mass is 9.95. The maximum absolute atomic E-state index is 14.1. The van der Waals surface area contributed by atoms with Crippen molar-refractivity contribution in [3.63, 3.8) is 0 Å². The van der Waals surface area contributed by atoms with Gasteiger partial charge in [-0.05, 0) is 48.3 Å². The predicted molar refractivity (Wildman–Crippen MR) is 153 cm³/mol. The van der Waals surface area contributed by atoms with Gasteiger partial charge in [0.25, 0.3) is 0 Å². The Kier molecular flexibility index (Phi) is 7.63. The molecule has 42 heavy (non-hydrogen) atoms. The van der Waals surface area contributed by atoms with Gasteiger partial charge in [-0.25, -0.2) is 0 Å². The van der Waals surface area contributed by atoms with Crippen molar-refractivity contribution in [3.8, 4) is 0 Å². The normalized spacial score (nSPS) is 26.2. The van der Waals surface area contributed by atoms with E-state index in [9.17, 15) is 19.2 Å². The molecule has 4 fully saturated rings. The van der Waals surface area contributed by atoms with Gasteiger partial charge < -0.3 is 26.0 Å². The molecule has 2 saturated carbocycles. The van der Waals surface area contributed by atoms with Crippen LogP contribution in [0.15, 0.2) is 30.5 Å². The molecule has 5 atom stereocenters. The molecule has 2 unspecified atom stereocenters. The predicted octanol–water partition coefficient (Wildman–Crippen LogP) is 1.86. The molecule has 1 aromatic heterocycles. The molecule has 2 aliphatic heterocycles. The minimum absolute atomic E-state index is 0.0620. The zero-order valence-electron chi connectivity index (χ0n) is 24.3. The van der Waals surface area contributed by atoms with Crippen LogP contribution >= 0.6 is 0 Å². The molecule has 224 valence electrons. The van der Waals surface area contributed by atoms with Crippen molar-refractivity contribution in [2.45, 2.75) is 70.5 Å². The first-order valence-corrected chi connectivity index (χ1v) is 15.1. The monoisotopic (exact) mass is 576 g/mol. The van der Waals surface area contributed by atoms with Crippen molar-refractivity contribution in [1.29, 1.82) is 0 Å². The average Bonchev–Trinajstić information content (AvgIpc) is 3.83. The molecule has 4 amide bonds. The maximum Gasteiger partial charge on any atom is 0.246 e. The van der Waals surface area contributed by atoms with Gasteiger partial charge in [0.2, 0.25) is 23.6 Å². The van der Waals surface area contributed by atoms with E-state index in [4.69, 9.17) is 10.5 Å². The number of carbonyl (C=O) groups is 4. The lowest BCUT2D eigenvalue weighted by Gasteiger charge is -2.34. The van der Waals surface area contributed by atoms with E-state index in [0.29, 0.717) is 43.9 Å². The first-order chi connectivity index (χ1) is 20.1. The van der Waals surface area contributed by atoms with Gasteiger partial charge in [0.15, 0.2) is 6.04 Å². The standard InChI is InChI=1S/C31H40N6O5/c1-31(2)21-16-37(30(41)22(13-17-7-8-17)34-23(38)14-18-9-11-42-12-10-18)27(24(21)31)29(40)35-26(28(32)39)25-20-6-4-3-5-19(20)15-33-36-25/h3-6,15,17-18,21-22,24,26-27H,7-14,16H2,1-2H3,(H2,32,39)(H,34,38)(H,35,40)/t21-,22?,24-,26?,27-/m0/s1. The van der Waals surface area contributed by atoms with E-state index in [0.717, 1.165) is 31.1 Å². The minimum Gasteiger partial charge on any atom is -0.381 e. The molecule has 11 nitrogen and oxygen atoms in total. The van der Waals surface area contributed by atoms with Crippen molar-refractivity contribution in [2.24, 2.45) is 34.8 Å². The van der Waals surface area contributed by atoms with Crippen LogP contribution < -0.4 is 16.4 Å². The number of amides is 4. The highest BCUT2D eigenvalue weighted by Gasteiger charge is 2.69. The van der Waals surface area contributed by atoms with E-state index in [-0.39, 0.29) is 40.7 Å². The second-order valence-electron chi connectivity index (χ2n) is 13.1. The molecule has 6 rings (SSSR count). The van der Waals surface area contributed by atoms with E-state index >= 15 is 0 Å². The Morgan fingerprint density at radius 2 is 1.81 bits per heavy atom. The first-order valence-electron chi connectivity index (χ1n) is 15.1. The largest absolute Gasteiger partial charge is 0.381 e. The molecule has 2 saturated heterocycles. The van der Waals surface area contributed by atoms with Crippen LogP contribution in [0.4, 0.5) is 0 Å². The summed E-state index contributed by atoms with van der Waals surface area (Å²) in [5, 5.41) is 15.5. The molecular formula is C31H40N6O5. The highest BCUT2D eigenvalue weighted by atomic mass is 16.5. The van der Waals surface area contributed by atoms with Crippen molar-refractivity contribution in [2.75, 3.05) is 19.8 Å². The van der Waals surface area contributed by atoms with Crippen LogP contribution in [0.5, 0.6) is 0 Å². The number of nitrogens with zero attached hydrogens (tertiary/aromatic N) is 3. The number of rotatable bonds is 10. The summed E-state index contributed by atoms with van der Waals surface area (Å²) in [4.78, 5) is 55.4. The summed E-state index contributed by atoms with van der Waals surface area (Å²) in [5.41, 5.74) is 5.92. The lowest BCUT2D eigenvalue weighted by molar-refractivity contribution is -0.144. The number of likely N-dealkylation sites (tertiary alicyclic amines) is 1. The maximum atomic E-state index is 14.1. The molecule has 0 bridgehead atoms. The Morgan fingerprint density at radius 3 is 2.52 bits per heavy atom. The Hall–Kier alpha value is -3.60. The van der Waals surface area contributed by atoms with E-state index in [2.05, 4.69) is 34.7 Å². The highest BCUT2D eigenvalue weighted by molar-refractivity contribution is 5.97. The van der Waals surface area contributed by atoms with Crippen LogP contribution in [0.3, 0.4) is 0 Å². The van der Waals surface area contributed by atoms with Crippen molar-refractivity contribution in [3.05, 3.63) is 36.2 Å². The van der Waals surface area contributed by atoms with Crippen LogP contribution in [0.1, 0.15) is 64.1 Å². The Balaban J connectivity index is 1.22. The van der Waals surface area contributed by atoms with Crippen molar-refractivity contribution < 1.29 is 23.9 Å². The topological polar surface area (TPSA) is 157 Å². The van der Waals surface area contributed by atoms with Gasteiger partial charge in [0, 0.05) is 37.0 Å². The molecule has 2 aliphatic carbocycles. The van der Waals surface area contributed by atoms with Gasteiger partial charge in [-0.3, -0.25) is 19.2 Å². The number of benzene rings is 1. The van der Waals surface area contributed by atoms with Crippen LogP contribution in [0, 0.1) is 29.1 Å². The summed E-state index contributed by atoms with van der Waals surface area (Å²) in [6, 6.07) is 4.64. The van der Waals surface area contributed by atoms with Gasteiger partial charge in [-0.1, -0.05) is 51.0 Å². The van der Waals surface area contributed by atoms with Gasteiger partial charge in [-0.15, -0.1) is 0 Å². The molecule has 0 radical (unpaired) electrons. The van der Waals surface area contributed by atoms with Gasteiger partial charge in [-0.2, -0.15) is 10.2 Å². The quantitative estimate of drug-likeness (QED) is 0.390. The second-order valence-corrected chi connectivity index (χ2v) is 13.1. The molecule has 11 heteroatoms. The number of hydrogen-bond donors (Lipinski definition) is 3. The molecule has 1 aromatic carbocycles. The fourth-order valence-corrected chi connectivity index (χ4v) is 7.15. The third kappa shape index (κ3) is 5.58. The molecule has 0 spiro atoms. The smallest absolute Gasteiger partial charge is 0.246 e. The summed E-state index contributed by atoms with van der Waals surface area (Å²) < 4.78 is 5.42. The average molecular weight is 577 g/mol. The van der Waals surface area contributed by atoms with Crippen LogP contribution in [-0.2, 0) is 23.9 Å². The Labute approximate surface area is 245 Å². The molecule has 4 N–H and O–H groups in total. The van der Waals surface area contributed by atoms with Crippen LogP contribution in [0.25, 0.3) is 10.8 Å². The van der Waals surface area contributed by atoms with E-state index in [1.807, 2.05) is 18.2 Å². The van der Waals surface area contributed by atoms with Crippen LogP contribution in [-0.4, -0.2) is 70.6 Å². The highest BCUT2D eigenvalue weighted by Crippen LogP contribution is 2.65. The minimum atomic E-state index is -1.21. The molecule has 2 aromatic rings. The SMILES string of the molecule is CC1(C)[C@@H]2[C@@H](C(=O)NC(C(N)=O)c3nncc4ccccc34)N(C(=O)C(CC3CC3)NC(=O)CC3CCOCC3)C[C@@H]21. The van der Waals surface area contributed by atoms with E-state index in [1.54, 1.807) is 17.2 Å². The first kappa shape index (κ1) is 28.5. The van der Waals surface area contributed by atoms with E-state index in [1.165, 1.54) is 0 Å². The Morgan fingerprint density at radius 1 is 1.07 bits per heavy atom. The number of carbonyl (C=O) groups excluding carboxylic acids is 4. The van der Waals surface area contributed by atoms with E-state index < -0.39 is 29.9 Å². The molecule has 3 heterocycles. The van der Waals surface area contributed by atoms with Gasteiger partial charge >= 0.3 is 0 Å². The summed E-state index contributed by atoms with van der Waals surface area (Å²) in [6.07, 6.45) is 6.27. The zero-order chi connectivity index (χ0) is 29.6. The number of piperidine rings is 1. The third-order valence-corrected chi connectivity index (χ3v) is 9.92. The van der Waals surface area contributed by atoms with Crippen molar-refractivity contribution in [1.82, 2.24) is 25.7 Å². The summed E-state index contributed by atoms with van der Waals surface area (Å²) in [5.74, 6) is -0.832. The second kappa shape index (κ2) is 11.2. The summed E-state index contributed by atoms with van der Waals surface area (Å²) in [6.45, 7) is 5.94. The number of hydrogen-bond acceptors (Lipinski definition) is 7. The Bertz CT molecular complexity index is 1380. The lowest BCUT2D eigenvalue weighted by Crippen LogP contribution is -2.57. The fraction of sp³-hybridized carbons (Fsp3) is 0.613. The van der Waals surface area contributed by atoms with Gasteiger partial charge in [0.1, 0.15) is 17.8 Å². The number of aromatic nitrogens is 2. The molecule has 4 aliphatic rings.